The van der Waals surface area contributed by atoms with Crippen LogP contribution >= 0.6 is 0 Å². The largest absolute Gasteiger partial charge is 0.485 e. The smallest absolute Gasteiger partial charge is 0.420 e. The first-order valence-electron chi connectivity index (χ1n) is 6.45. The molecule has 24 heavy (non-hydrogen) atoms. The zero-order chi connectivity index (χ0) is 17.9. The summed E-state index contributed by atoms with van der Waals surface area (Å²) in [6.07, 6.45) is -4.89. The molecule has 2 aromatic rings. The number of ether oxygens (including phenoxy) is 1. The number of carbonyl (C=O) groups excluding carboxylic acids is 1. The summed E-state index contributed by atoms with van der Waals surface area (Å²) in [4.78, 5) is 21.4. The molecule has 0 aliphatic heterocycles. The van der Waals surface area contributed by atoms with Crippen LogP contribution in [0.3, 0.4) is 0 Å². The number of hydrogen-bond acceptors (Lipinski definition) is 4. The summed E-state index contributed by atoms with van der Waals surface area (Å²) >= 11 is 0. The van der Waals surface area contributed by atoms with E-state index in [0.717, 1.165) is 24.3 Å². The lowest BCUT2D eigenvalue weighted by Crippen LogP contribution is -2.15. The molecule has 0 fully saturated rings. The van der Waals surface area contributed by atoms with Crippen molar-refractivity contribution in [3.63, 3.8) is 0 Å². The number of ketones is 1. The number of non-ortho nitro benzene ring substituents is 1. The molecular weight excluding hydrogens is 334 g/mol. The number of nitro groups is 1. The van der Waals surface area contributed by atoms with E-state index in [1.165, 1.54) is 12.1 Å². The quantitative estimate of drug-likeness (QED) is 0.356. The number of hydrogen-bond donors (Lipinski definition) is 0. The fourth-order valence-corrected chi connectivity index (χ4v) is 1.84. The fraction of sp³-hybridized carbons (Fsp3) is 0.133. The minimum atomic E-state index is -4.89. The number of rotatable bonds is 5. The lowest BCUT2D eigenvalue weighted by molar-refractivity contribution is -0.385. The zero-order valence-corrected chi connectivity index (χ0v) is 11.8. The van der Waals surface area contributed by atoms with Crippen LogP contribution < -0.4 is 4.74 Å². The summed E-state index contributed by atoms with van der Waals surface area (Å²) in [6, 6.07) is 6.34. The molecule has 126 valence electrons. The Hall–Kier alpha value is -2.97. The molecule has 5 nitrogen and oxygen atoms in total. The average molecular weight is 343 g/mol. The van der Waals surface area contributed by atoms with Gasteiger partial charge < -0.3 is 4.74 Å². The van der Waals surface area contributed by atoms with Gasteiger partial charge in [-0.05, 0) is 30.3 Å². The van der Waals surface area contributed by atoms with Gasteiger partial charge in [0, 0.05) is 17.7 Å². The van der Waals surface area contributed by atoms with Gasteiger partial charge in [0.1, 0.15) is 17.1 Å². The van der Waals surface area contributed by atoms with Crippen LogP contribution in [0, 0.1) is 15.9 Å². The van der Waals surface area contributed by atoms with E-state index < -0.39 is 46.3 Å². The van der Waals surface area contributed by atoms with Gasteiger partial charge in [-0.2, -0.15) is 13.2 Å². The number of benzene rings is 2. The molecule has 9 heteroatoms. The van der Waals surface area contributed by atoms with Gasteiger partial charge in [0.05, 0.1) is 4.92 Å². The summed E-state index contributed by atoms with van der Waals surface area (Å²) in [5.41, 5.74) is -2.05. The second-order valence-electron chi connectivity index (χ2n) is 4.65. The third-order valence-electron chi connectivity index (χ3n) is 3.00. The van der Waals surface area contributed by atoms with E-state index in [1.54, 1.807) is 0 Å². The molecular formula is C15H9F4NO4. The molecule has 0 N–H and O–H groups in total. The first kappa shape index (κ1) is 17.4. The van der Waals surface area contributed by atoms with Crippen LogP contribution in [0.1, 0.15) is 15.9 Å². The average Bonchev–Trinajstić information content (AvgIpc) is 2.52. The highest BCUT2D eigenvalue weighted by Gasteiger charge is 2.36. The topological polar surface area (TPSA) is 69.4 Å². The number of carbonyl (C=O) groups is 1. The Labute approximate surface area is 132 Å². The lowest BCUT2D eigenvalue weighted by Gasteiger charge is -2.13. The van der Waals surface area contributed by atoms with Gasteiger partial charge in [-0.3, -0.25) is 14.9 Å². The SMILES string of the molecule is O=C(COc1ccc([N+](=O)[O-])cc1C(F)(F)F)c1ccc(F)cc1. The third kappa shape index (κ3) is 4.06. The second kappa shape index (κ2) is 6.65. The van der Waals surface area contributed by atoms with Gasteiger partial charge >= 0.3 is 6.18 Å². The predicted molar refractivity (Wildman–Crippen MR) is 74.3 cm³/mol. The maximum Gasteiger partial charge on any atom is 0.420 e. The molecule has 0 aliphatic rings. The van der Waals surface area contributed by atoms with E-state index in [4.69, 9.17) is 4.74 Å². The van der Waals surface area contributed by atoms with Crippen LogP contribution in [-0.4, -0.2) is 17.3 Å². The van der Waals surface area contributed by atoms with Gasteiger partial charge in [0.2, 0.25) is 0 Å². The van der Waals surface area contributed by atoms with Gasteiger partial charge in [-0.15, -0.1) is 0 Å². The molecule has 0 atom stereocenters. The van der Waals surface area contributed by atoms with Crippen molar-refractivity contribution in [1.29, 1.82) is 0 Å². The monoisotopic (exact) mass is 343 g/mol. The molecule has 0 spiro atoms. The Kier molecular flexibility index (Phi) is 4.82. The van der Waals surface area contributed by atoms with Crippen molar-refractivity contribution in [3.05, 3.63) is 69.5 Å². The van der Waals surface area contributed by atoms with E-state index in [1.807, 2.05) is 0 Å². The van der Waals surface area contributed by atoms with Crippen LogP contribution in [0.15, 0.2) is 42.5 Å². The second-order valence-corrected chi connectivity index (χ2v) is 4.65. The Morgan fingerprint density at radius 2 is 1.75 bits per heavy atom. The molecule has 0 aromatic heterocycles. The Bertz CT molecular complexity index is 772. The Balaban J connectivity index is 2.21. The van der Waals surface area contributed by atoms with Gasteiger partial charge in [0.25, 0.3) is 5.69 Å². The number of nitrogens with zero attached hydrogens (tertiary/aromatic N) is 1. The van der Waals surface area contributed by atoms with E-state index >= 15 is 0 Å². The molecule has 2 rings (SSSR count). The van der Waals surface area contributed by atoms with Gasteiger partial charge in [-0.1, -0.05) is 0 Å². The summed E-state index contributed by atoms with van der Waals surface area (Å²) in [6.45, 7) is -0.730. The van der Waals surface area contributed by atoms with Crippen molar-refractivity contribution in [3.8, 4) is 5.75 Å². The van der Waals surface area contributed by atoms with Crippen molar-refractivity contribution in [1.82, 2.24) is 0 Å². The predicted octanol–water partition coefficient (Wildman–Crippen LogP) is 4.01. The Morgan fingerprint density at radius 3 is 2.29 bits per heavy atom. The summed E-state index contributed by atoms with van der Waals surface area (Å²) < 4.78 is 56.5. The summed E-state index contributed by atoms with van der Waals surface area (Å²) in [5, 5.41) is 10.6. The number of nitro benzene ring substituents is 1. The zero-order valence-electron chi connectivity index (χ0n) is 11.8. The Morgan fingerprint density at radius 1 is 1.12 bits per heavy atom. The molecule has 0 unspecified atom stereocenters. The van der Waals surface area contributed by atoms with E-state index in [0.29, 0.717) is 6.07 Å². The van der Waals surface area contributed by atoms with Crippen LogP contribution in [0.4, 0.5) is 23.2 Å². The first-order chi connectivity index (χ1) is 11.2. The fourth-order valence-electron chi connectivity index (χ4n) is 1.84. The number of halogens is 4. The molecule has 0 radical (unpaired) electrons. The van der Waals surface area contributed by atoms with E-state index in [-0.39, 0.29) is 5.56 Å². The summed E-state index contributed by atoms with van der Waals surface area (Å²) in [7, 11) is 0. The molecule has 0 saturated heterocycles. The van der Waals surface area contributed by atoms with Crippen LogP contribution in [-0.2, 0) is 6.18 Å². The standard InChI is InChI=1S/C15H9F4NO4/c16-10-3-1-9(2-4-10)13(21)8-24-14-6-5-11(20(22)23)7-12(14)15(17,18)19/h1-7H,8H2. The highest BCUT2D eigenvalue weighted by Crippen LogP contribution is 2.38. The van der Waals surface area contributed by atoms with Crippen LogP contribution in [0.5, 0.6) is 5.75 Å². The third-order valence-corrected chi connectivity index (χ3v) is 3.00. The minimum absolute atomic E-state index is 0.0619. The molecule has 0 bridgehead atoms. The van der Waals surface area contributed by atoms with Crippen LogP contribution in [0.2, 0.25) is 0 Å². The van der Waals surface area contributed by atoms with Crippen molar-refractivity contribution in [2.75, 3.05) is 6.61 Å². The number of Topliss-reactive ketones (excluding diaryl/α,β-unsaturated/α-hetero) is 1. The first-order valence-corrected chi connectivity index (χ1v) is 6.45. The molecule has 0 amide bonds. The normalized spacial score (nSPS) is 11.2. The van der Waals surface area contributed by atoms with Crippen molar-refractivity contribution < 1.29 is 32.0 Å². The minimum Gasteiger partial charge on any atom is -0.485 e. The molecule has 0 aliphatic carbocycles. The van der Waals surface area contributed by atoms with Crippen molar-refractivity contribution in [2.45, 2.75) is 6.18 Å². The van der Waals surface area contributed by atoms with Gasteiger partial charge in [0.15, 0.2) is 12.4 Å². The van der Waals surface area contributed by atoms with Crippen molar-refractivity contribution in [2.24, 2.45) is 0 Å². The molecule has 0 saturated carbocycles. The van der Waals surface area contributed by atoms with Crippen molar-refractivity contribution >= 4 is 11.5 Å². The highest BCUT2D eigenvalue weighted by atomic mass is 19.4. The maximum atomic E-state index is 13.0. The summed E-state index contributed by atoms with van der Waals surface area (Å²) in [5.74, 6) is -1.94. The van der Waals surface area contributed by atoms with Crippen LogP contribution in [0.25, 0.3) is 0 Å². The highest BCUT2D eigenvalue weighted by molar-refractivity contribution is 5.97. The number of alkyl halides is 3. The lowest BCUT2D eigenvalue weighted by atomic mass is 10.1. The van der Waals surface area contributed by atoms with E-state index in [2.05, 4.69) is 0 Å². The molecule has 2 aromatic carbocycles. The van der Waals surface area contributed by atoms with Gasteiger partial charge in [-0.25, -0.2) is 4.39 Å². The molecule has 0 heterocycles. The maximum absolute atomic E-state index is 13.0. The van der Waals surface area contributed by atoms with E-state index in [9.17, 15) is 32.5 Å².